The minimum atomic E-state index is 0.139. The van der Waals surface area contributed by atoms with Gasteiger partial charge in [-0.3, -0.25) is 0 Å². The molecule has 1 N–H and O–H groups in total. The van der Waals surface area contributed by atoms with Crippen molar-refractivity contribution in [2.75, 3.05) is 5.32 Å². The highest BCUT2D eigenvalue weighted by Gasteiger charge is 2.36. The minimum Gasteiger partial charge on any atom is -0.355 e. The predicted molar refractivity (Wildman–Crippen MR) is 111 cm³/mol. The molecule has 0 aliphatic carbocycles. The topological polar surface area (TPSA) is 12.0 Å². The van der Waals surface area contributed by atoms with Gasteiger partial charge < -0.3 is 5.32 Å². The fourth-order valence-electron chi connectivity index (χ4n) is 3.29. The highest BCUT2D eigenvalue weighted by Crippen LogP contribution is 2.43. The molecule has 0 saturated heterocycles. The molecule has 0 spiro atoms. The van der Waals surface area contributed by atoms with Gasteiger partial charge in [0, 0.05) is 16.8 Å². The molecule has 25 heavy (non-hydrogen) atoms. The Morgan fingerprint density at radius 2 is 1.40 bits per heavy atom. The number of benzene rings is 3. The summed E-state index contributed by atoms with van der Waals surface area (Å²) < 4.78 is 0. The van der Waals surface area contributed by atoms with E-state index in [4.69, 9.17) is 0 Å². The molecule has 1 heteroatoms. The average Bonchev–Trinajstić information content (AvgIpc) is 2.62. The van der Waals surface area contributed by atoms with Crippen LogP contribution in [-0.4, -0.2) is 0 Å². The van der Waals surface area contributed by atoms with Crippen LogP contribution in [0, 0.1) is 5.41 Å². The average molecular weight is 332 g/mol. The second-order valence-corrected chi connectivity index (χ2v) is 8.09. The molecule has 3 rings (SSSR count). The molecule has 0 heterocycles. The van der Waals surface area contributed by atoms with E-state index >= 15 is 0 Å². The first-order chi connectivity index (χ1) is 11.8. The molecule has 0 bridgehead atoms. The maximum Gasteiger partial charge on any atom is 0.0463 e. The van der Waals surface area contributed by atoms with Gasteiger partial charge in [-0.05, 0) is 40.0 Å². The van der Waals surface area contributed by atoms with Crippen LogP contribution >= 0.6 is 0 Å². The number of hydrogen-bond donors (Lipinski definition) is 1. The summed E-state index contributed by atoms with van der Waals surface area (Å²) in [5.41, 5.74) is 4.07. The summed E-state index contributed by atoms with van der Waals surface area (Å²) in [6.07, 6.45) is 1.16. The lowest BCUT2D eigenvalue weighted by Crippen LogP contribution is -2.35. The lowest BCUT2D eigenvalue weighted by Gasteiger charge is -2.42. The number of nitrogens with one attached hydrogen (secondary N) is 1. The Balaban J connectivity index is 1.88. The van der Waals surface area contributed by atoms with E-state index in [0.717, 1.165) is 17.8 Å². The second-order valence-electron chi connectivity index (χ2n) is 8.09. The van der Waals surface area contributed by atoms with Crippen LogP contribution in [0.3, 0.4) is 0 Å². The molecule has 0 aliphatic heterocycles. The van der Waals surface area contributed by atoms with Gasteiger partial charge in [0.05, 0.1) is 0 Å². The van der Waals surface area contributed by atoms with Gasteiger partial charge in [-0.15, -0.1) is 0 Å². The Bertz CT molecular complexity index is 851. The summed E-state index contributed by atoms with van der Waals surface area (Å²) in [6.45, 7) is 11.7. The van der Waals surface area contributed by atoms with Crippen molar-refractivity contribution in [2.24, 2.45) is 5.41 Å². The number of rotatable bonds is 5. The molecule has 0 aromatic heterocycles. The van der Waals surface area contributed by atoms with E-state index in [-0.39, 0.29) is 10.8 Å². The van der Waals surface area contributed by atoms with Crippen molar-refractivity contribution in [3.8, 4) is 0 Å². The number of hydrogen-bond acceptors (Lipinski definition) is 1. The van der Waals surface area contributed by atoms with E-state index in [9.17, 15) is 0 Å². The van der Waals surface area contributed by atoms with E-state index in [1.54, 1.807) is 0 Å². The van der Waals surface area contributed by atoms with Crippen LogP contribution in [-0.2, 0) is 5.41 Å². The Kier molecular flexibility index (Phi) is 4.60. The second kappa shape index (κ2) is 6.55. The highest BCUT2D eigenvalue weighted by molar-refractivity contribution is 5.95. The van der Waals surface area contributed by atoms with Gasteiger partial charge in [-0.2, -0.15) is 0 Å². The number of anilines is 2. The van der Waals surface area contributed by atoms with E-state index in [2.05, 4.69) is 107 Å². The molecular weight excluding hydrogens is 302 g/mol. The summed E-state index contributed by atoms with van der Waals surface area (Å²) in [5, 5.41) is 6.09. The molecule has 0 aliphatic rings. The van der Waals surface area contributed by atoms with Crippen molar-refractivity contribution in [2.45, 2.75) is 46.5 Å². The third-order valence-corrected chi connectivity index (χ3v) is 6.25. The summed E-state index contributed by atoms with van der Waals surface area (Å²) in [4.78, 5) is 0. The van der Waals surface area contributed by atoms with Crippen LogP contribution < -0.4 is 5.32 Å². The van der Waals surface area contributed by atoms with Crippen LogP contribution in [0.15, 0.2) is 66.7 Å². The van der Waals surface area contributed by atoms with Crippen LogP contribution in [0.4, 0.5) is 11.4 Å². The molecule has 3 aromatic rings. The zero-order valence-corrected chi connectivity index (χ0v) is 16.1. The fourth-order valence-corrected chi connectivity index (χ4v) is 3.29. The van der Waals surface area contributed by atoms with E-state index in [1.165, 1.54) is 16.3 Å². The molecule has 0 radical (unpaired) electrons. The van der Waals surface area contributed by atoms with Crippen LogP contribution in [0.5, 0.6) is 0 Å². The summed E-state index contributed by atoms with van der Waals surface area (Å²) in [7, 11) is 0. The quantitative estimate of drug-likeness (QED) is 0.517. The SMILES string of the molecule is CCC(C)(C)C(C)(C)c1ccc(Nc2cccc3ccccc23)cc1. The first-order valence-corrected chi connectivity index (χ1v) is 9.20. The molecule has 0 amide bonds. The van der Waals surface area contributed by atoms with Gasteiger partial charge in [0.25, 0.3) is 0 Å². The lowest BCUT2D eigenvalue weighted by molar-refractivity contribution is 0.189. The molecule has 130 valence electrons. The fraction of sp³-hybridized carbons (Fsp3) is 0.333. The summed E-state index contributed by atoms with van der Waals surface area (Å²) in [5.74, 6) is 0. The van der Waals surface area contributed by atoms with Crippen molar-refractivity contribution in [3.05, 3.63) is 72.3 Å². The summed E-state index contributed by atoms with van der Waals surface area (Å²) >= 11 is 0. The number of fused-ring (bicyclic) bond motifs is 1. The highest BCUT2D eigenvalue weighted by atomic mass is 14.9. The van der Waals surface area contributed by atoms with Crippen molar-refractivity contribution in [1.29, 1.82) is 0 Å². The van der Waals surface area contributed by atoms with Gasteiger partial charge in [0.1, 0.15) is 0 Å². The molecule has 0 fully saturated rings. The maximum absolute atomic E-state index is 3.58. The first-order valence-electron chi connectivity index (χ1n) is 9.20. The molecule has 3 aromatic carbocycles. The zero-order valence-electron chi connectivity index (χ0n) is 16.1. The van der Waals surface area contributed by atoms with Crippen molar-refractivity contribution >= 4 is 22.1 Å². The predicted octanol–water partition coefficient (Wildman–Crippen LogP) is 7.30. The molecular formula is C24H29N. The molecule has 0 atom stereocenters. The maximum atomic E-state index is 3.58. The Hall–Kier alpha value is -2.28. The third kappa shape index (κ3) is 3.28. The Morgan fingerprint density at radius 3 is 2.08 bits per heavy atom. The van der Waals surface area contributed by atoms with Gasteiger partial charge >= 0.3 is 0 Å². The van der Waals surface area contributed by atoms with Gasteiger partial charge in [0.2, 0.25) is 0 Å². The van der Waals surface area contributed by atoms with E-state index < -0.39 is 0 Å². The lowest BCUT2D eigenvalue weighted by atomic mass is 9.63. The largest absolute Gasteiger partial charge is 0.355 e. The monoisotopic (exact) mass is 331 g/mol. The minimum absolute atomic E-state index is 0.139. The van der Waals surface area contributed by atoms with Crippen LogP contribution in [0.25, 0.3) is 10.8 Å². The van der Waals surface area contributed by atoms with Gasteiger partial charge in [-0.1, -0.05) is 89.6 Å². The van der Waals surface area contributed by atoms with E-state index in [1.807, 2.05) is 0 Å². The van der Waals surface area contributed by atoms with Gasteiger partial charge in [-0.25, -0.2) is 0 Å². The Morgan fingerprint density at radius 1 is 0.760 bits per heavy atom. The van der Waals surface area contributed by atoms with E-state index in [0.29, 0.717) is 0 Å². The van der Waals surface area contributed by atoms with Crippen LogP contribution in [0.1, 0.15) is 46.6 Å². The molecule has 0 saturated carbocycles. The van der Waals surface area contributed by atoms with Crippen molar-refractivity contribution in [1.82, 2.24) is 0 Å². The normalized spacial score (nSPS) is 12.4. The first kappa shape index (κ1) is 17.5. The Labute approximate surface area is 152 Å². The summed E-state index contributed by atoms with van der Waals surface area (Å²) in [6, 6.07) is 23.8. The standard InChI is InChI=1S/C24H29N/c1-6-23(2,3)24(4,5)19-14-16-20(17-15-19)25-22-13-9-11-18-10-7-8-12-21(18)22/h7-17,25H,6H2,1-5H3. The van der Waals surface area contributed by atoms with Crippen molar-refractivity contribution < 1.29 is 0 Å². The smallest absolute Gasteiger partial charge is 0.0463 e. The van der Waals surface area contributed by atoms with Crippen LogP contribution in [0.2, 0.25) is 0 Å². The molecule has 1 nitrogen and oxygen atoms in total. The zero-order chi connectivity index (χ0) is 18.1. The van der Waals surface area contributed by atoms with Gasteiger partial charge in [0.15, 0.2) is 0 Å². The van der Waals surface area contributed by atoms with Crippen molar-refractivity contribution in [3.63, 3.8) is 0 Å². The third-order valence-electron chi connectivity index (χ3n) is 6.25. The molecule has 0 unspecified atom stereocenters.